The van der Waals surface area contributed by atoms with E-state index >= 15 is 0 Å². The van der Waals surface area contributed by atoms with Gasteiger partial charge in [0.1, 0.15) is 5.75 Å². The van der Waals surface area contributed by atoms with E-state index in [9.17, 15) is 0 Å². The van der Waals surface area contributed by atoms with Gasteiger partial charge in [-0.2, -0.15) is 0 Å². The number of ether oxygens (including phenoxy) is 1. The first-order chi connectivity index (χ1) is 7.06. The van der Waals surface area contributed by atoms with Gasteiger partial charge in [0.2, 0.25) is 0 Å². The Morgan fingerprint density at radius 3 is 2.47 bits per heavy atom. The summed E-state index contributed by atoms with van der Waals surface area (Å²) in [5, 5.41) is 1.000. The van der Waals surface area contributed by atoms with Gasteiger partial charge >= 0.3 is 0 Å². The lowest BCUT2D eigenvalue weighted by molar-refractivity contribution is 0.313. The smallest absolute Gasteiger partial charge is 0.125 e. The largest absolute Gasteiger partial charge is 0.493 e. The fraction of sp³-hybridized carbons (Fsp3) is 0.455. The first kappa shape index (κ1) is 12.6. The summed E-state index contributed by atoms with van der Waals surface area (Å²) in [6.07, 6.45) is 0.943. The van der Waals surface area contributed by atoms with Crippen LogP contribution in [0.25, 0.3) is 0 Å². The van der Waals surface area contributed by atoms with Gasteiger partial charge in [0.05, 0.1) is 16.7 Å². The van der Waals surface area contributed by atoms with Crippen molar-refractivity contribution in [1.29, 1.82) is 0 Å². The van der Waals surface area contributed by atoms with Crippen molar-refractivity contribution < 1.29 is 4.74 Å². The van der Waals surface area contributed by atoms with Crippen molar-refractivity contribution >= 4 is 23.2 Å². The zero-order valence-electron chi connectivity index (χ0n) is 8.89. The van der Waals surface area contributed by atoms with Crippen LogP contribution in [0.3, 0.4) is 0 Å². The van der Waals surface area contributed by atoms with Crippen molar-refractivity contribution in [2.24, 2.45) is 5.73 Å². The molecule has 0 aromatic heterocycles. The summed E-state index contributed by atoms with van der Waals surface area (Å²) in [5.74, 6) is 0.723. The number of nitrogens with two attached hydrogens (primary N) is 1. The van der Waals surface area contributed by atoms with Gasteiger partial charge in [0.25, 0.3) is 0 Å². The van der Waals surface area contributed by atoms with Crippen LogP contribution in [0.2, 0.25) is 10.0 Å². The van der Waals surface area contributed by atoms with Gasteiger partial charge in [0.15, 0.2) is 0 Å². The van der Waals surface area contributed by atoms with Crippen molar-refractivity contribution in [2.75, 3.05) is 6.61 Å². The fourth-order valence-corrected chi connectivity index (χ4v) is 1.56. The summed E-state index contributed by atoms with van der Waals surface area (Å²) in [6, 6.07) is 3.37. The van der Waals surface area contributed by atoms with Crippen molar-refractivity contribution in [3.8, 4) is 5.75 Å². The Morgan fingerprint density at radius 2 is 1.93 bits per heavy atom. The van der Waals surface area contributed by atoms with Gasteiger partial charge in [-0.3, -0.25) is 0 Å². The molecular formula is C11H15Cl2NO. The van der Waals surface area contributed by atoms with Gasteiger partial charge in [-0.1, -0.05) is 30.1 Å². The van der Waals surface area contributed by atoms with Crippen molar-refractivity contribution in [2.45, 2.75) is 26.3 Å². The lowest BCUT2D eigenvalue weighted by Crippen LogP contribution is -2.08. The van der Waals surface area contributed by atoms with Gasteiger partial charge in [0, 0.05) is 17.7 Å². The average molecular weight is 248 g/mol. The Hall–Kier alpha value is -0.440. The standard InChI is InChI=1S/C11H15Cl2NO/c1-3-4-15-11-6-10(13)9(12)5-8(11)7(2)14/h5-7H,3-4,14H2,1-2H3. The Bertz CT molecular complexity index is 340. The molecule has 2 nitrogen and oxygen atoms in total. The second kappa shape index (κ2) is 5.59. The van der Waals surface area contributed by atoms with Crippen LogP contribution in [0.5, 0.6) is 5.75 Å². The van der Waals surface area contributed by atoms with Crippen LogP contribution >= 0.6 is 23.2 Å². The number of benzene rings is 1. The maximum absolute atomic E-state index is 5.92. The molecule has 2 N–H and O–H groups in total. The van der Waals surface area contributed by atoms with Crippen LogP contribution < -0.4 is 10.5 Å². The molecule has 15 heavy (non-hydrogen) atoms. The van der Waals surface area contributed by atoms with Crippen LogP contribution in [0.4, 0.5) is 0 Å². The summed E-state index contributed by atoms with van der Waals surface area (Å²) in [5.41, 5.74) is 6.71. The third kappa shape index (κ3) is 3.26. The van der Waals surface area contributed by atoms with E-state index in [1.54, 1.807) is 12.1 Å². The molecule has 0 saturated heterocycles. The molecule has 84 valence electrons. The van der Waals surface area contributed by atoms with Crippen molar-refractivity contribution in [1.82, 2.24) is 0 Å². The maximum atomic E-state index is 5.92. The highest BCUT2D eigenvalue weighted by Crippen LogP contribution is 2.33. The van der Waals surface area contributed by atoms with E-state index in [-0.39, 0.29) is 6.04 Å². The van der Waals surface area contributed by atoms with Crippen molar-refractivity contribution in [3.05, 3.63) is 27.7 Å². The molecule has 0 heterocycles. The summed E-state index contributed by atoms with van der Waals surface area (Å²) in [7, 11) is 0. The maximum Gasteiger partial charge on any atom is 0.125 e. The Labute approximate surface area is 100 Å². The molecule has 0 fully saturated rings. The van der Waals surface area contributed by atoms with Crippen LogP contribution in [0.15, 0.2) is 12.1 Å². The monoisotopic (exact) mass is 247 g/mol. The molecule has 0 aliphatic carbocycles. The van der Waals surface area contributed by atoms with E-state index in [1.807, 2.05) is 13.8 Å². The Kier molecular flexibility index (Phi) is 4.71. The number of hydrogen-bond acceptors (Lipinski definition) is 2. The fourth-order valence-electron chi connectivity index (χ4n) is 1.24. The van der Waals surface area contributed by atoms with Crippen LogP contribution in [-0.2, 0) is 0 Å². The molecule has 1 atom stereocenters. The third-order valence-corrected chi connectivity index (χ3v) is 2.73. The third-order valence-electron chi connectivity index (χ3n) is 2.00. The number of rotatable bonds is 4. The van der Waals surface area contributed by atoms with Gasteiger partial charge in [-0.05, 0) is 19.4 Å². The number of halogens is 2. The quantitative estimate of drug-likeness (QED) is 0.879. The van der Waals surface area contributed by atoms with Crippen LogP contribution in [0.1, 0.15) is 31.9 Å². The summed E-state index contributed by atoms with van der Waals surface area (Å²) >= 11 is 11.8. The Balaban J connectivity index is 3.04. The molecule has 0 radical (unpaired) electrons. The molecule has 1 unspecified atom stereocenters. The predicted molar refractivity (Wildman–Crippen MR) is 64.9 cm³/mol. The van der Waals surface area contributed by atoms with E-state index in [1.165, 1.54) is 0 Å². The topological polar surface area (TPSA) is 35.2 Å². The second-order valence-electron chi connectivity index (χ2n) is 3.44. The predicted octanol–water partition coefficient (Wildman–Crippen LogP) is 3.80. The molecule has 0 bridgehead atoms. The van der Waals surface area contributed by atoms with E-state index < -0.39 is 0 Å². The summed E-state index contributed by atoms with van der Waals surface area (Å²) < 4.78 is 5.56. The molecule has 0 spiro atoms. The van der Waals surface area contributed by atoms with Gasteiger partial charge in [-0.15, -0.1) is 0 Å². The summed E-state index contributed by atoms with van der Waals surface area (Å²) in [6.45, 7) is 4.58. The molecule has 1 aromatic carbocycles. The zero-order valence-corrected chi connectivity index (χ0v) is 10.4. The molecule has 0 aliphatic heterocycles. The minimum absolute atomic E-state index is 0.119. The Morgan fingerprint density at radius 1 is 1.33 bits per heavy atom. The number of hydrogen-bond donors (Lipinski definition) is 1. The second-order valence-corrected chi connectivity index (χ2v) is 4.26. The minimum atomic E-state index is -0.119. The first-order valence-electron chi connectivity index (χ1n) is 4.93. The molecule has 1 rings (SSSR count). The lowest BCUT2D eigenvalue weighted by Gasteiger charge is -2.14. The van der Waals surface area contributed by atoms with Gasteiger partial charge < -0.3 is 10.5 Å². The molecule has 1 aromatic rings. The molecular weight excluding hydrogens is 233 g/mol. The molecule has 0 amide bonds. The van der Waals surface area contributed by atoms with Crippen LogP contribution in [-0.4, -0.2) is 6.61 Å². The highest BCUT2D eigenvalue weighted by molar-refractivity contribution is 6.42. The summed E-state index contributed by atoms with van der Waals surface area (Å²) in [4.78, 5) is 0. The van der Waals surface area contributed by atoms with Crippen molar-refractivity contribution in [3.63, 3.8) is 0 Å². The van der Waals surface area contributed by atoms with Crippen LogP contribution in [0, 0.1) is 0 Å². The SMILES string of the molecule is CCCOc1cc(Cl)c(Cl)cc1C(C)N. The van der Waals surface area contributed by atoms with E-state index in [0.717, 1.165) is 17.7 Å². The molecule has 0 aliphatic rings. The lowest BCUT2D eigenvalue weighted by atomic mass is 10.1. The van der Waals surface area contributed by atoms with E-state index in [0.29, 0.717) is 16.7 Å². The van der Waals surface area contributed by atoms with E-state index in [2.05, 4.69) is 0 Å². The zero-order chi connectivity index (χ0) is 11.4. The highest BCUT2D eigenvalue weighted by atomic mass is 35.5. The molecule has 4 heteroatoms. The van der Waals surface area contributed by atoms with Gasteiger partial charge in [-0.25, -0.2) is 0 Å². The highest BCUT2D eigenvalue weighted by Gasteiger charge is 2.11. The first-order valence-corrected chi connectivity index (χ1v) is 5.69. The van der Waals surface area contributed by atoms with E-state index in [4.69, 9.17) is 33.7 Å². The normalized spacial score (nSPS) is 12.6. The molecule has 0 saturated carbocycles. The average Bonchev–Trinajstić information content (AvgIpc) is 2.19. The minimum Gasteiger partial charge on any atom is -0.493 e.